The van der Waals surface area contributed by atoms with Gasteiger partial charge in [0.2, 0.25) is 5.28 Å². The van der Waals surface area contributed by atoms with Crippen molar-refractivity contribution < 1.29 is 0 Å². The van der Waals surface area contributed by atoms with Crippen molar-refractivity contribution in [2.75, 3.05) is 0 Å². The number of nitrogens with zero attached hydrogens (tertiary/aromatic N) is 3. The third kappa shape index (κ3) is 1.92. The van der Waals surface area contributed by atoms with E-state index in [2.05, 4.69) is 20.2 Å². The average molecular weight is 300 g/mol. The van der Waals surface area contributed by atoms with Crippen molar-refractivity contribution in [2.24, 2.45) is 0 Å². The molecule has 7 heteroatoms. The summed E-state index contributed by atoms with van der Waals surface area (Å²) in [6.45, 7) is 0. The van der Waals surface area contributed by atoms with Crippen LogP contribution in [0.3, 0.4) is 0 Å². The van der Waals surface area contributed by atoms with Crippen molar-refractivity contribution in [3.63, 3.8) is 0 Å². The van der Waals surface area contributed by atoms with Gasteiger partial charge in [0.25, 0.3) is 0 Å². The van der Waals surface area contributed by atoms with Gasteiger partial charge in [0.15, 0.2) is 5.65 Å². The minimum absolute atomic E-state index is 0.146. The number of H-pyrrole nitrogens is 1. The van der Waals surface area contributed by atoms with Gasteiger partial charge < -0.3 is 0 Å². The maximum atomic E-state index is 6.00. The van der Waals surface area contributed by atoms with E-state index in [-0.39, 0.29) is 5.28 Å². The second-order valence-electron chi connectivity index (χ2n) is 3.60. The quantitative estimate of drug-likeness (QED) is 0.691. The van der Waals surface area contributed by atoms with Gasteiger partial charge in [0.05, 0.1) is 27.3 Å². The molecule has 1 aromatic carbocycles. The Balaban J connectivity index is 2.30. The monoisotopic (exact) mass is 298 g/mol. The Kier molecular flexibility index (Phi) is 2.86. The Morgan fingerprint density at radius 3 is 2.61 bits per heavy atom. The highest BCUT2D eigenvalue weighted by Crippen LogP contribution is 2.31. The fourth-order valence-electron chi connectivity index (χ4n) is 1.67. The maximum Gasteiger partial charge on any atom is 0.224 e. The Bertz CT molecular complexity index is 738. The zero-order valence-corrected chi connectivity index (χ0v) is 11.1. The number of aromatic amines is 1. The van der Waals surface area contributed by atoms with Crippen LogP contribution in [0.25, 0.3) is 22.3 Å². The Morgan fingerprint density at radius 1 is 1.00 bits per heavy atom. The number of hydrogen-bond donors (Lipinski definition) is 1. The summed E-state index contributed by atoms with van der Waals surface area (Å²) in [6, 6.07) is 5.26. The molecule has 0 spiro atoms. The molecule has 0 aliphatic heterocycles. The van der Waals surface area contributed by atoms with Gasteiger partial charge in [-0.15, -0.1) is 0 Å². The molecule has 0 fully saturated rings. The normalized spacial score (nSPS) is 11.1. The van der Waals surface area contributed by atoms with E-state index >= 15 is 0 Å². The lowest BCUT2D eigenvalue weighted by molar-refractivity contribution is 1.09. The Morgan fingerprint density at radius 2 is 1.83 bits per heavy atom. The second-order valence-corrected chi connectivity index (χ2v) is 4.75. The zero-order valence-electron chi connectivity index (χ0n) is 8.78. The molecule has 0 unspecified atom stereocenters. The topological polar surface area (TPSA) is 54.5 Å². The van der Waals surface area contributed by atoms with E-state index in [1.807, 2.05) is 6.07 Å². The highest BCUT2D eigenvalue weighted by Gasteiger charge is 2.11. The van der Waals surface area contributed by atoms with Gasteiger partial charge in [-0.05, 0) is 23.7 Å². The number of nitrogens with one attached hydrogen (secondary N) is 1. The first-order chi connectivity index (χ1) is 8.65. The number of fused-ring (bicyclic) bond motifs is 1. The number of rotatable bonds is 1. The molecule has 0 aliphatic carbocycles. The lowest BCUT2D eigenvalue weighted by Crippen LogP contribution is -1.90. The Labute approximate surface area is 117 Å². The van der Waals surface area contributed by atoms with Crippen LogP contribution in [0, 0.1) is 0 Å². The van der Waals surface area contributed by atoms with Crippen molar-refractivity contribution in [1.82, 2.24) is 20.2 Å². The molecule has 3 aromatic rings. The van der Waals surface area contributed by atoms with Gasteiger partial charge in [0, 0.05) is 5.56 Å². The summed E-state index contributed by atoms with van der Waals surface area (Å²) in [6.07, 6.45) is 1.64. The van der Waals surface area contributed by atoms with Gasteiger partial charge in [-0.3, -0.25) is 5.10 Å². The standard InChI is InChI=1S/C11H5Cl3N4/c12-7-2-1-5(3-8(7)13)9-6-4-15-18-10(6)17-11(14)16-9/h1-4H,(H,15,16,17,18). The molecule has 0 aliphatic rings. The molecule has 2 aromatic heterocycles. The molecule has 0 saturated heterocycles. The molecular weight excluding hydrogens is 295 g/mol. The molecule has 0 atom stereocenters. The molecule has 0 radical (unpaired) electrons. The van der Waals surface area contributed by atoms with E-state index in [0.29, 0.717) is 21.4 Å². The number of hydrogen-bond acceptors (Lipinski definition) is 3. The first-order valence-corrected chi connectivity index (χ1v) is 6.10. The molecule has 0 amide bonds. The minimum atomic E-state index is 0.146. The third-order valence-corrected chi connectivity index (χ3v) is 3.38. The van der Waals surface area contributed by atoms with E-state index < -0.39 is 0 Å². The van der Waals surface area contributed by atoms with Crippen molar-refractivity contribution >= 4 is 45.8 Å². The fraction of sp³-hybridized carbons (Fsp3) is 0. The molecule has 18 heavy (non-hydrogen) atoms. The number of benzene rings is 1. The zero-order chi connectivity index (χ0) is 12.7. The minimum Gasteiger partial charge on any atom is -0.261 e. The van der Waals surface area contributed by atoms with Gasteiger partial charge in [-0.2, -0.15) is 10.1 Å². The largest absolute Gasteiger partial charge is 0.261 e. The molecular formula is C11H5Cl3N4. The molecule has 0 saturated carbocycles. The van der Waals surface area contributed by atoms with E-state index in [9.17, 15) is 0 Å². The summed E-state index contributed by atoms with van der Waals surface area (Å²) in [5, 5.41) is 8.55. The summed E-state index contributed by atoms with van der Waals surface area (Å²) in [5.41, 5.74) is 2.05. The highest BCUT2D eigenvalue weighted by molar-refractivity contribution is 6.42. The van der Waals surface area contributed by atoms with Gasteiger partial charge >= 0.3 is 0 Å². The molecule has 1 N–H and O–H groups in total. The molecule has 2 heterocycles. The first kappa shape index (κ1) is 11.7. The lowest BCUT2D eigenvalue weighted by atomic mass is 10.1. The van der Waals surface area contributed by atoms with Crippen molar-refractivity contribution in [3.05, 3.63) is 39.7 Å². The van der Waals surface area contributed by atoms with Gasteiger partial charge in [-0.25, -0.2) is 4.98 Å². The molecule has 0 bridgehead atoms. The summed E-state index contributed by atoms with van der Waals surface area (Å²) in [4.78, 5) is 8.25. The van der Waals surface area contributed by atoms with Crippen LogP contribution in [0.4, 0.5) is 0 Å². The fourth-order valence-corrected chi connectivity index (χ4v) is 2.14. The predicted octanol–water partition coefficient (Wildman–Crippen LogP) is 3.98. The second kappa shape index (κ2) is 4.39. The summed E-state index contributed by atoms with van der Waals surface area (Å²) >= 11 is 17.8. The van der Waals surface area contributed by atoms with Gasteiger partial charge in [0.1, 0.15) is 0 Å². The van der Waals surface area contributed by atoms with Crippen LogP contribution in [-0.2, 0) is 0 Å². The van der Waals surface area contributed by atoms with Crippen LogP contribution < -0.4 is 0 Å². The van der Waals surface area contributed by atoms with Crippen LogP contribution in [0.1, 0.15) is 0 Å². The van der Waals surface area contributed by atoms with Crippen molar-refractivity contribution in [3.8, 4) is 11.3 Å². The van der Waals surface area contributed by atoms with Crippen molar-refractivity contribution in [1.29, 1.82) is 0 Å². The summed E-state index contributed by atoms with van der Waals surface area (Å²) in [5.74, 6) is 0. The van der Waals surface area contributed by atoms with Gasteiger partial charge in [-0.1, -0.05) is 29.3 Å². The van der Waals surface area contributed by atoms with Crippen LogP contribution in [0.2, 0.25) is 15.3 Å². The van der Waals surface area contributed by atoms with Crippen molar-refractivity contribution in [2.45, 2.75) is 0 Å². The average Bonchev–Trinajstić information content (AvgIpc) is 2.79. The van der Waals surface area contributed by atoms with Crippen LogP contribution in [0.5, 0.6) is 0 Å². The first-order valence-electron chi connectivity index (χ1n) is 4.97. The number of halogens is 3. The lowest BCUT2D eigenvalue weighted by Gasteiger charge is -2.04. The van der Waals surface area contributed by atoms with E-state index in [1.54, 1.807) is 18.3 Å². The van der Waals surface area contributed by atoms with E-state index in [1.165, 1.54) is 0 Å². The van der Waals surface area contributed by atoms with Crippen LogP contribution in [0.15, 0.2) is 24.4 Å². The van der Waals surface area contributed by atoms with E-state index in [0.717, 1.165) is 10.9 Å². The van der Waals surface area contributed by atoms with E-state index in [4.69, 9.17) is 34.8 Å². The maximum absolute atomic E-state index is 6.00. The van der Waals surface area contributed by atoms with Crippen LogP contribution in [-0.4, -0.2) is 20.2 Å². The smallest absolute Gasteiger partial charge is 0.224 e. The molecule has 3 rings (SSSR count). The number of aromatic nitrogens is 4. The van der Waals surface area contributed by atoms with Crippen LogP contribution >= 0.6 is 34.8 Å². The summed E-state index contributed by atoms with van der Waals surface area (Å²) < 4.78 is 0. The predicted molar refractivity (Wildman–Crippen MR) is 72.1 cm³/mol. The molecule has 4 nitrogen and oxygen atoms in total. The highest BCUT2D eigenvalue weighted by atomic mass is 35.5. The molecule has 90 valence electrons. The Hall–Kier alpha value is -1.36. The third-order valence-electron chi connectivity index (χ3n) is 2.48. The summed E-state index contributed by atoms with van der Waals surface area (Å²) in [7, 11) is 0. The SMILES string of the molecule is Clc1nc(-c2ccc(Cl)c(Cl)c2)c2cn[nH]c2n1.